The average Bonchev–Trinajstić information content (AvgIpc) is 3.00. The molecule has 1 saturated heterocycles. The molecule has 1 aliphatic rings. The molecule has 7 nitrogen and oxygen atoms in total. The predicted molar refractivity (Wildman–Crippen MR) is 86.2 cm³/mol. The maximum absolute atomic E-state index is 12.6. The molecule has 1 aromatic heterocycles. The number of carbonyl (C=O) groups excluding carboxylic acids is 1. The van der Waals surface area contributed by atoms with E-state index in [1.807, 2.05) is 31.3 Å². The summed E-state index contributed by atoms with van der Waals surface area (Å²) in [7, 11) is 0. The number of aliphatic carboxylic acids is 1. The lowest BCUT2D eigenvalue weighted by Crippen LogP contribution is -2.46. The number of aryl methyl sites for hydroxylation is 1. The number of hydrogen-bond donors (Lipinski definition) is 1. The van der Waals surface area contributed by atoms with Crippen molar-refractivity contribution in [1.82, 2.24) is 14.7 Å². The van der Waals surface area contributed by atoms with Crippen LogP contribution in [0.2, 0.25) is 0 Å². The van der Waals surface area contributed by atoms with Crippen LogP contribution in [0.3, 0.4) is 0 Å². The fraction of sp³-hybridized carbons (Fsp3) is 0.353. The van der Waals surface area contributed by atoms with Crippen LogP contribution in [0.15, 0.2) is 36.5 Å². The molecular formula is C17H19N3O4. The molecule has 0 aliphatic carbocycles. The number of morpholine rings is 1. The summed E-state index contributed by atoms with van der Waals surface area (Å²) >= 11 is 0. The second-order valence-corrected chi connectivity index (χ2v) is 5.79. The number of aromatic nitrogens is 2. The number of carboxylic acid groups (broad SMARTS) is 1. The third-order valence-corrected chi connectivity index (χ3v) is 3.93. The van der Waals surface area contributed by atoms with Gasteiger partial charge in [0.15, 0.2) is 0 Å². The van der Waals surface area contributed by atoms with Crippen LogP contribution in [0.5, 0.6) is 0 Å². The minimum Gasteiger partial charge on any atom is -0.481 e. The molecular weight excluding hydrogens is 310 g/mol. The highest BCUT2D eigenvalue weighted by atomic mass is 16.5. The second kappa shape index (κ2) is 6.84. The van der Waals surface area contributed by atoms with Crippen LogP contribution in [0.4, 0.5) is 0 Å². The van der Waals surface area contributed by atoms with Crippen molar-refractivity contribution >= 4 is 11.9 Å². The molecule has 1 N–H and O–H groups in total. The summed E-state index contributed by atoms with van der Waals surface area (Å²) in [6.45, 7) is 3.04. The fourth-order valence-corrected chi connectivity index (χ4v) is 2.72. The minimum atomic E-state index is -0.923. The van der Waals surface area contributed by atoms with Gasteiger partial charge in [-0.3, -0.25) is 9.59 Å². The molecule has 0 radical (unpaired) electrons. The van der Waals surface area contributed by atoms with Gasteiger partial charge in [-0.15, -0.1) is 0 Å². The van der Waals surface area contributed by atoms with E-state index in [1.54, 1.807) is 21.7 Å². The molecule has 126 valence electrons. The van der Waals surface area contributed by atoms with Crippen LogP contribution in [-0.4, -0.2) is 57.5 Å². The molecule has 1 unspecified atom stereocenters. The number of carbonyl (C=O) groups is 2. The average molecular weight is 329 g/mol. The van der Waals surface area contributed by atoms with Crippen molar-refractivity contribution in [3.8, 4) is 5.69 Å². The van der Waals surface area contributed by atoms with Gasteiger partial charge in [-0.2, -0.15) is 5.10 Å². The van der Waals surface area contributed by atoms with E-state index in [9.17, 15) is 9.59 Å². The molecule has 2 heterocycles. The first-order valence-electron chi connectivity index (χ1n) is 7.78. The number of benzene rings is 1. The normalized spacial score (nSPS) is 17.7. The Morgan fingerprint density at radius 3 is 2.67 bits per heavy atom. The summed E-state index contributed by atoms with van der Waals surface area (Å²) in [4.78, 5) is 25.0. The van der Waals surface area contributed by atoms with Gasteiger partial charge in [0.25, 0.3) is 5.91 Å². The number of hydrogen-bond acceptors (Lipinski definition) is 4. The van der Waals surface area contributed by atoms with Gasteiger partial charge in [0.2, 0.25) is 0 Å². The van der Waals surface area contributed by atoms with Gasteiger partial charge in [-0.1, -0.05) is 0 Å². The highest BCUT2D eigenvalue weighted by molar-refractivity contribution is 5.94. The van der Waals surface area contributed by atoms with Crippen LogP contribution < -0.4 is 0 Å². The van der Waals surface area contributed by atoms with Gasteiger partial charge >= 0.3 is 5.97 Å². The molecule has 0 saturated carbocycles. The third-order valence-electron chi connectivity index (χ3n) is 3.93. The topological polar surface area (TPSA) is 84.7 Å². The van der Waals surface area contributed by atoms with Crippen LogP contribution in [0.25, 0.3) is 5.69 Å². The molecule has 2 aromatic rings. The van der Waals surface area contributed by atoms with E-state index in [4.69, 9.17) is 9.84 Å². The monoisotopic (exact) mass is 329 g/mol. The summed E-state index contributed by atoms with van der Waals surface area (Å²) in [5.74, 6) is -1.04. The van der Waals surface area contributed by atoms with Crippen molar-refractivity contribution < 1.29 is 19.4 Å². The number of ether oxygens (including phenoxy) is 1. The second-order valence-electron chi connectivity index (χ2n) is 5.79. The van der Waals surface area contributed by atoms with Gasteiger partial charge in [-0.25, -0.2) is 4.68 Å². The first-order valence-corrected chi connectivity index (χ1v) is 7.78. The largest absolute Gasteiger partial charge is 0.481 e. The SMILES string of the molecule is Cc1ccn(-c2ccc(C(=O)N3CCOC(CC(=O)O)C3)cc2)n1. The van der Waals surface area contributed by atoms with E-state index in [1.165, 1.54) is 0 Å². The molecule has 0 bridgehead atoms. The van der Waals surface area contributed by atoms with Crippen LogP contribution in [-0.2, 0) is 9.53 Å². The molecule has 1 fully saturated rings. The number of rotatable bonds is 4. The summed E-state index contributed by atoms with van der Waals surface area (Å²) in [5, 5.41) is 13.2. The number of amides is 1. The Kier molecular flexibility index (Phi) is 4.61. The zero-order valence-corrected chi connectivity index (χ0v) is 13.4. The third kappa shape index (κ3) is 3.62. The van der Waals surface area contributed by atoms with Crippen molar-refractivity contribution in [1.29, 1.82) is 0 Å². The Morgan fingerprint density at radius 2 is 2.04 bits per heavy atom. The quantitative estimate of drug-likeness (QED) is 0.919. The lowest BCUT2D eigenvalue weighted by molar-refractivity contribution is -0.141. The standard InChI is InChI=1S/C17H19N3O4/c1-12-6-7-20(18-12)14-4-2-13(3-5-14)17(23)19-8-9-24-15(11-19)10-16(21)22/h2-7,15H,8-11H2,1H3,(H,21,22). The fourth-order valence-electron chi connectivity index (χ4n) is 2.72. The van der Waals surface area contributed by atoms with E-state index in [0.29, 0.717) is 25.3 Å². The minimum absolute atomic E-state index is 0.0959. The molecule has 1 aliphatic heterocycles. The molecule has 0 spiro atoms. The Bertz CT molecular complexity index is 739. The molecule has 1 atom stereocenters. The zero-order chi connectivity index (χ0) is 17.1. The maximum Gasteiger partial charge on any atom is 0.306 e. The van der Waals surface area contributed by atoms with Gasteiger partial charge in [0.1, 0.15) is 0 Å². The van der Waals surface area contributed by atoms with Crippen molar-refractivity contribution in [3.63, 3.8) is 0 Å². The molecule has 1 amide bonds. The summed E-state index contributed by atoms with van der Waals surface area (Å²) < 4.78 is 7.15. The van der Waals surface area contributed by atoms with Crippen LogP contribution >= 0.6 is 0 Å². The van der Waals surface area contributed by atoms with E-state index in [-0.39, 0.29) is 12.3 Å². The lowest BCUT2D eigenvalue weighted by atomic mass is 10.1. The van der Waals surface area contributed by atoms with Gasteiger partial charge in [0.05, 0.1) is 30.5 Å². The van der Waals surface area contributed by atoms with Gasteiger partial charge in [0, 0.05) is 24.8 Å². The van der Waals surface area contributed by atoms with E-state index < -0.39 is 12.1 Å². The van der Waals surface area contributed by atoms with Gasteiger partial charge < -0.3 is 14.7 Å². The first-order chi connectivity index (χ1) is 11.5. The van der Waals surface area contributed by atoms with E-state index in [2.05, 4.69) is 5.10 Å². The smallest absolute Gasteiger partial charge is 0.306 e. The predicted octanol–water partition coefficient (Wildman–Crippen LogP) is 1.50. The van der Waals surface area contributed by atoms with E-state index in [0.717, 1.165) is 11.4 Å². The van der Waals surface area contributed by atoms with Crippen molar-refractivity contribution in [2.45, 2.75) is 19.4 Å². The van der Waals surface area contributed by atoms with Crippen molar-refractivity contribution in [3.05, 3.63) is 47.8 Å². The van der Waals surface area contributed by atoms with Crippen LogP contribution in [0, 0.1) is 6.92 Å². The molecule has 1 aromatic carbocycles. The van der Waals surface area contributed by atoms with Crippen molar-refractivity contribution in [2.75, 3.05) is 19.7 Å². The number of carboxylic acids is 1. The Morgan fingerprint density at radius 1 is 1.29 bits per heavy atom. The first kappa shape index (κ1) is 16.2. The lowest BCUT2D eigenvalue weighted by Gasteiger charge is -2.32. The summed E-state index contributed by atoms with van der Waals surface area (Å²) in [6, 6.07) is 9.12. The highest BCUT2D eigenvalue weighted by Gasteiger charge is 2.26. The van der Waals surface area contributed by atoms with Gasteiger partial charge in [-0.05, 0) is 37.3 Å². The Labute approximate surface area is 139 Å². The Balaban J connectivity index is 1.69. The maximum atomic E-state index is 12.6. The molecule has 7 heteroatoms. The van der Waals surface area contributed by atoms with Crippen molar-refractivity contribution in [2.24, 2.45) is 0 Å². The molecule has 24 heavy (non-hydrogen) atoms. The summed E-state index contributed by atoms with van der Waals surface area (Å²) in [6.07, 6.45) is 1.32. The van der Waals surface area contributed by atoms with E-state index >= 15 is 0 Å². The summed E-state index contributed by atoms with van der Waals surface area (Å²) in [5.41, 5.74) is 2.37. The van der Waals surface area contributed by atoms with Crippen LogP contribution in [0.1, 0.15) is 22.5 Å². The Hall–Kier alpha value is -2.67. The number of nitrogens with zero attached hydrogens (tertiary/aromatic N) is 3. The molecule has 3 rings (SSSR count). The highest BCUT2D eigenvalue weighted by Crippen LogP contribution is 2.15. The zero-order valence-electron chi connectivity index (χ0n) is 13.4.